The van der Waals surface area contributed by atoms with Gasteiger partial charge in [0, 0.05) is 6.54 Å². The lowest BCUT2D eigenvalue weighted by atomic mass is 10.7. The van der Waals surface area contributed by atoms with Crippen LogP contribution >= 0.6 is 7.92 Å². The van der Waals surface area contributed by atoms with E-state index in [1.807, 2.05) is 0 Å². The van der Waals surface area contributed by atoms with Crippen LogP contribution in [-0.2, 0) is 0 Å². The van der Waals surface area contributed by atoms with Gasteiger partial charge in [-0.1, -0.05) is 0 Å². The molecule has 0 heterocycles. The van der Waals surface area contributed by atoms with E-state index in [0.29, 0.717) is 7.92 Å². The Hall–Kier alpha value is 0.390. The molecule has 0 aliphatic rings. The summed E-state index contributed by atoms with van der Waals surface area (Å²) in [5, 5.41) is 0. The number of hydrogen-bond donors (Lipinski definition) is 0. The Labute approximate surface area is 53.8 Å². The Morgan fingerprint density at radius 1 is 1.25 bits per heavy atom. The van der Waals surface area contributed by atoms with Crippen LogP contribution < -0.4 is 0 Å². The fourth-order valence-electron chi connectivity index (χ4n) is 0.400. The summed E-state index contributed by atoms with van der Waals surface area (Å²) < 4.78 is 0. The largest absolute Gasteiger partial charge is 0.309 e. The minimum atomic E-state index is 0.325. The molecule has 8 heavy (non-hydrogen) atoms. The van der Waals surface area contributed by atoms with E-state index in [2.05, 4.69) is 32.3 Å². The van der Waals surface area contributed by atoms with Crippen molar-refractivity contribution in [3.63, 3.8) is 0 Å². The summed E-state index contributed by atoms with van der Waals surface area (Å²) in [5.74, 6) is 0. The molecule has 0 N–H and O–H groups in total. The zero-order valence-electron chi connectivity index (χ0n) is 6.31. The van der Waals surface area contributed by atoms with E-state index in [9.17, 15) is 0 Å². The molecule has 50 valence electrons. The first-order valence-electron chi connectivity index (χ1n) is 2.92. The van der Waals surface area contributed by atoms with E-state index >= 15 is 0 Å². The van der Waals surface area contributed by atoms with Crippen LogP contribution in [0.3, 0.4) is 0 Å². The third-order valence-corrected chi connectivity index (χ3v) is 2.09. The summed E-state index contributed by atoms with van der Waals surface area (Å²) in [5.41, 5.74) is 0. The fraction of sp³-hybridized carbons (Fsp3) is 1.00. The van der Waals surface area contributed by atoms with E-state index in [-0.39, 0.29) is 0 Å². The first-order valence-corrected chi connectivity index (χ1v) is 5.34. The molecule has 0 rings (SSSR count). The quantitative estimate of drug-likeness (QED) is 0.524. The van der Waals surface area contributed by atoms with Crippen molar-refractivity contribution in [3.05, 3.63) is 0 Å². The average molecular weight is 133 g/mol. The second-order valence-electron chi connectivity index (χ2n) is 2.61. The molecular weight excluding hydrogens is 117 g/mol. The van der Waals surface area contributed by atoms with E-state index in [1.54, 1.807) is 0 Å². The van der Waals surface area contributed by atoms with Crippen molar-refractivity contribution >= 4 is 7.92 Å². The molecule has 0 aromatic rings. The standard InChI is InChI=1S/C6H16NP/c1-7(2)5-6-8(3)4/h5-6H2,1-4H3. The van der Waals surface area contributed by atoms with Crippen LogP contribution in [0.1, 0.15) is 0 Å². The van der Waals surface area contributed by atoms with E-state index in [1.165, 1.54) is 12.7 Å². The van der Waals surface area contributed by atoms with Crippen LogP contribution in [0.5, 0.6) is 0 Å². The maximum atomic E-state index is 2.32. The zero-order chi connectivity index (χ0) is 6.57. The predicted octanol–water partition coefficient (Wildman–Crippen LogP) is 1.29. The Morgan fingerprint density at radius 2 is 1.75 bits per heavy atom. The van der Waals surface area contributed by atoms with Crippen LogP contribution in [0.4, 0.5) is 0 Å². The minimum absolute atomic E-state index is 0.325. The molecule has 0 radical (unpaired) electrons. The lowest BCUT2D eigenvalue weighted by molar-refractivity contribution is 0.436. The molecule has 0 saturated carbocycles. The Kier molecular flexibility index (Phi) is 4.50. The Balaban J connectivity index is 2.93. The van der Waals surface area contributed by atoms with Crippen molar-refractivity contribution in [1.29, 1.82) is 0 Å². The van der Waals surface area contributed by atoms with Gasteiger partial charge in [-0.15, -0.1) is 7.92 Å². The van der Waals surface area contributed by atoms with Crippen molar-refractivity contribution < 1.29 is 0 Å². The monoisotopic (exact) mass is 133 g/mol. The van der Waals surface area contributed by atoms with Gasteiger partial charge in [-0.05, 0) is 33.6 Å². The molecule has 0 saturated heterocycles. The van der Waals surface area contributed by atoms with Crippen molar-refractivity contribution in [2.45, 2.75) is 0 Å². The van der Waals surface area contributed by atoms with Gasteiger partial charge in [-0.3, -0.25) is 0 Å². The van der Waals surface area contributed by atoms with Crippen LogP contribution in [0.25, 0.3) is 0 Å². The maximum absolute atomic E-state index is 2.32. The summed E-state index contributed by atoms with van der Waals surface area (Å²) in [4.78, 5) is 2.24. The van der Waals surface area contributed by atoms with E-state index < -0.39 is 0 Å². The fourth-order valence-corrected chi connectivity index (χ4v) is 1.20. The molecule has 0 aromatic heterocycles. The topological polar surface area (TPSA) is 3.24 Å². The molecule has 0 aliphatic heterocycles. The van der Waals surface area contributed by atoms with Crippen molar-refractivity contribution in [2.75, 3.05) is 40.1 Å². The summed E-state index contributed by atoms with van der Waals surface area (Å²) in [6.45, 7) is 5.89. The molecule has 0 amide bonds. The molecule has 2 heteroatoms. The van der Waals surface area contributed by atoms with Crippen molar-refractivity contribution in [3.8, 4) is 0 Å². The predicted molar refractivity (Wildman–Crippen MR) is 42.2 cm³/mol. The Bertz CT molecular complexity index is 44.5. The van der Waals surface area contributed by atoms with Crippen molar-refractivity contribution in [2.24, 2.45) is 0 Å². The highest BCUT2D eigenvalue weighted by Gasteiger charge is 1.92. The first kappa shape index (κ1) is 8.39. The summed E-state index contributed by atoms with van der Waals surface area (Å²) in [7, 11) is 4.57. The second-order valence-corrected chi connectivity index (χ2v) is 5.21. The first-order chi connectivity index (χ1) is 3.63. The van der Waals surface area contributed by atoms with Gasteiger partial charge in [-0.25, -0.2) is 0 Å². The molecule has 0 fully saturated rings. The van der Waals surface area contributed by atoms with Crippen LogP contribution in [0.15, 0.2) is 0 Å². The van der Waals surface area contributed by atoms with Gasteiger partial charge in [0.25, 0.3) is 0 Å². The van der Waals surface area contributed by atoms with Gasteiger partial charge in [0.05, 0.1) is 0 Å². The molecule has 0 aromatic carbocycles. The summed E-state index contributed by atoms with van der Waals surface area (Å²) >= 11 is 0. The highest BCUT2D eigenvalue weighted by molar-refractivity contribution is 7.56. The van der Waals surface area contributed by atoms with Crippen LogP contribution in [-0.4, -0.2) is 45.0 Å². The molecule has 1 nitrogen and oxygen atoms in total. The lowest BCUT2D eigenvalue weighted by Crippen LogP contribution is -2.15. The molecule has 0 aliphatic carbocycles. The van der Waals surface area contributed by atoms with Gasteiger partial charge in [0.1, 0.15) is 0 Å². The van der Waals surface area contributed by atoms with Gasteiger partial charge in [-0.2, -0.15) is 0 Å². The highest BCUT2D eigenvalue weighted by atomic mass is 31.1. The third-order valence-electron chi connectivity index (χ3n) is 0.994. The molecule has 0 unspecified atom stereocenters. The highest BCUT2D eigenvalue weighted by Crippen LogP contribution is 2.22. The smallest absolute Gasteiger partial charge is 0.00144 e. The zero-order valence-corrected chi connectivity index (χ0v) is 7.20. The Morgan fingerprint density at radius 3 is 1.88 bits per heavy atom. The van der Waals surface area contributed by atoms with Gasteiger partial charge < -0.3 is 4.90 Å². The van der Waals surface area contributed by atoms with Crippen LogP contribution in [0.2, 0.25) is 0 Å². The molecule has 0 atom stereocenters. The minimum Gasteiger partial charge on any atom is -0.309 e. The van der Waals surface area contributed by atoms with E-state index in [0.717, 1.165) is 0 Å². The normalized spacial score (nSPS) is 11.2. The van der Waals surface area contributed by atoms with Gasteiger partial charge >= 0.3 is 0 Å². The van der Waals surface area contributed by atoms with Crippen molar-refractivity contribution in [1.82, 2.24) is 4.90 Å². The van der Waals surface area contributed by atoms with Gasteiger partial charge in [0.2, 0.25) is 0 Å². The number of nitrogens with zero attached hydrogens (tertiary/aromatic N) is 1. The second kappa shape index (κ2) is 4.29. The summed E-state index contributed by atoms with van der Waals surface area (Å²) in [6, 6.07) is 0. The maximum Gasteiger partial charge on any atom is 0.00144 e. The molecule has 0 bridgehead atoms. The third kappa shape index (κ3) is 6.39. The average Bonchev–Trinajstić information content (AvgIpc) is 1.61. The molecule has 0 spiro atoms. The van der Waals surface area contributed by atoms with Crippen LogP contribution in [0, 0.1) is 0 Å². The molecular formula is C6H16NP. The van der Waals surface area contributed by atoms with E-state index in [4.69, 9.17) is 0 Å². The SMILES string of the molecule is CN(C)CCP(C)C. The summed E-state index contributed by atoms with van der Waals surface area (Å²) in [6.07, 6.45) is 1.38. The van der Waals surface area contributed by atoms with Gasteiger partial charge in [0.15, 0.2) is 0 Å². The number of rotatable bonds is 3. The lowest BCUT2D eigenvalue weighted by Gasteiger charge is -2.10. The number of hydrogen-bond acceptors (Lipinski definition) is 1.